The maximum absolute atomic E-state index is 11.7. The van der Waals surface area contributed by atoms with Gasteiger partial charge in [-0.3, -0.25) is 9.52 Å². The summed E-state index contributed by atoms with van der Waals surface area (Å²) in [5, 5.41) is 0. The lowest BCUT2D eigenvalue weighted by atomic mass is 10.4. The zero-order valence-electron chi connectivity index (χ0n) is 10.6. The second kappa shape index (κ2) is 6.85. The highest BCUT2D eigenvalue weighted by atomic mass is 79.9. The summed E-state index contributed by atoms with van der Waals surface area (Å²) in [6.07, 6.45) is -0.182. The van der Waals surface area contributed by atoms with Crippen molar-refractivity contribution in [3.63, 3.8) is 0 Å². The molecular weight excluding hydrogens is 336 g/mol. The lowest BCUT2D eigenvalue weighted by molar-refractivity contribution is -0.142. The molecule has 0 atom stereocenters. The summed E-state index contributed by atoms with van der Waals surface area (Å²) in [5.74, 6) is -0.639. The molecule has 0 radical (unpaired) electrons. The Kier molecular flexibility index (Phi) is 5.74. The number of aryl methyl sites for hydroxylation is 1. The summed E-state index contributed by atoms with van der Waals surface area (Å²) >= 11 is 3.28. The second-order valence-electron chi connectivity index (χ2n) is 3.74. The van der Waals surface area contributed by atoms with Crippen molar-refractivity contribution in [1.29, 1.82) is 0 Å². The number of carbonyl (C=O) groups excluding carboxylic acids is 1. The number of rotatable bonds is 6. The summed E-state index contributed by atoms with van der Waals surface area (Å²) in [6, 6.07) is 3.24. The fourth-order valence-electron chi connectivity index (χ4n) is 1.26. The fourth-order valence-corrected chi connectivity index (χ4v) is 2.45. The summed E-state index contributed by atoms with van der Waals surface area (Å²) in [6.45, 7) is 3.65. The van der Waals surface area contributed by atoms with E-state index < -0.39 is 16.0 Å². The molecule has 0 aliphatic carbocycles. The van der Waals surface area contributed by atoms with Crippen LogP contribution in [0.2, 0.25) is 0 Å². The van der Waals surface area contributed by atoms with Crippen LogP contribution in [0, 0.1) is 6.92 Å². The molecule has 0 bridgehead atoms. The monoisotopic (exact) mass is 350 g/mol. The third-order valence-electron chi connectivity index (χ3n) is 2.16. The smallest absolute Gasteiger partial charge is 0.306 e. The number of esters is 1. The van der Waals surface area contributed by atoms with E-state index >= 15 is 0 Å². The Morgan fingerprint density at radius 1 is 1.47 bits per heavy atom. The molecule has 0 amide bonds. The normalized spacial score (nSPS) is 11.1. The van der Waals surface area contributed by atoms with Gasteiger partial charge in [0.1, 0.15) is 5.82 Å². The topological polar surface area (TPSA) is 85.4 Å². The van der Waals surface area contributed by atoms with Gasteiger partial charge >= 0.3 is 5.97 Å². The standard InChI is InChI=1S/C11H15BrN2O4S/c1-3-18-11(15)6-7-19(16,17)14-10-5-4-9(12)8(2)13-10/h4-5H,3,6-7H2,1-2H3,(H,13,14). The van der Waals surface area contributed by atoms with Crippen molar-refractivity contribution in [3.05, 3.63) is 22.3 Å². The van der Waals surface area contributed by atoms with Gasteiger partial charge in [0.2, 0.25) is 10.0 Å². The molecule has 0 aliphatic heterocycles. The maximum atomic E-state index is 11.7. The van der Waals surface area contributed by atoms with E-state index in [1.165, 1.54) is 0 Å². The van der Waals surface area contributed by atoms with Crippen LogP contribution in [-0.4, -0.2) is 31.7 Å². The lowest BCUT2D eigenvalue weighted by Gasteiger charge is -2.08. The van der Waals surface area contributed by atoms with Gasteiger partial charge < -0.3 is 4.74 Å². The molecule has 0 saturated carbocycles. The molecule has 1 heterocycles. The minimum absolute atomic E-state index is 0.182. The first-order chi connectivity index (χ1) is 8.84. The van der Waals surface area contributed by atoms with E-state index in [1.54, 1.807) is 26.0 Å². The summed E-state index contributed by atoms with van der Waals surface area (Å²) in [7, 11) is -3.61. The van der Waals surface area contributed by atoms with Crippen molar-refractivity contribution >= 4 is 37.7 Å². The molecule has 19 heavy (non-hydrogen) atoms. The van der Waals surface area contributed by atoms with Crippen LogP contribution in [0.4, 0.5) is 5.82 Å². The van der Waals surface area contributed by atoms with Crippen molar-refractivity contribution in [2.24, 2.45) is 0 Å². The van der Waals surface area contributed by atoms with Gasteiger partial charge in [-0.1, -0.05) is 0 Å². The average Bonchev–Trinajstić information content (AvgIpc) is 2.32. The first kappa shape index (κ1) is 15.9. The molecule has 0 aromatic carbocycles. The molecule has 1 N–H and O–H groups in total. The van der Waals surface area contributed by atoms with Gasteiger partial charge in [0, 0.05) is 4.47 Å². The number of ether oxygens (including phenoxy) is 1. The van der Waals surface area contributed by atoms with Crippen LogP contribution >= 0.6 is 15.9 Å². The van der Waals surface area contributed by atoms with Gasteiger partial charge in [-0.05, 0) is 41.9 Å². The van der Waals surface area contributed by atoms with Crippen molar-refractivity contribution in [1.82, 2.24) is 4.98 Å². The Balaban J connectivity index is 2.64. The Morgan fingerprint density at radius 3 is 2.74 bits per heavy atom. The highest BCUT2D eigenvalue weighted by Crippen LogP contribution is 2.17. The van der Waals surface area contributed by atoms with Crippen LogP contribution in [0.5, 0.6) is 0 Å². The number of nitrogens with zero attached hydrogens (tertiary/aromatic N) is 1. The molecule has 1 aromatic heterocycles. The van der Waals surface area contributed by atoms with Crippen LogP contribution in [-0.2, 0) is 19.6 Å². The average molecular weight is 351 g/mol. The highest BCUT2D eigenvalue weighted by Gasteiger charge is 2.15. The summed E-state index contributed by atoms with van der Waals surface area (Å²) in [5.41, 5.74) is 0.672. The minimum atomic E-state index is -3.61. The van der Waals surface area contributed by atoms with E-state index in [4.69, 9.17) is 0 Å². The van der Waals surface area contributed by atoms with Gasteiger partial charge in [-0.2, -0.15) is 0 Å². The van der Waals surface area contributed by atoms with Crippen LogP contribution in [0.25, 0.3) is 0 Å². The third-order valence-corrected chi connectivity index (χ3v) is 4.26. The molecule has 1 aromatic rings. The Morgan fingerprint density at radius 2 is 2.16 bits per heavy atom. The van der Waals surface area contributed by atoms with Gasteiger partial charge in [0.15, 0.2) is 0 Å². The fraction of sp³-hybridized carbons (Fsp3) is 0.455. The number of hydrogen-bond donors (Lipinski definition) is 1. The number of halogens is 1. The highest BCUT2D eigenvalue weighted by molar-refractivity contribution is 9.10. The molecule has 1 rings (SSSR count). The lowest BCUT2D eigenvalue weighted by Crippen LogP contribution is -2.20. The molecule has 0 spiro atoms. The largest absolute Gasteiger partial charge is 0.466 e. The number of pyridine rings is 1. The van der Waals surface area contributed by atoms with Crippen molar-refractivity contribution in [2.75, 3.05) is 17.1 Å². The minimum Gasteiger partial charge on any atom is -0.466 e. The first-order valence-electron chi connectivity index (χ1n) is 5.63. The number of anilines is 1. The zero-order chi connectivity index (χ0) is 14.5. The molecule has 0 aliphatic rings. The maximum Gasteiger partial charge on any atom is 0.306 e. The predicted octanol–water partition coefficient (Wildman–Crippen LogP) is 1.85. The Hall–Kier alpha value is -1.15. The molecule has 8 heteroatoms. The van der Waals surface area contributed by atoms with Crippen LogP contribution in [0.15, 0.2) is 16.6 Å². The van der Waals surface area contributed by atoms with Gasteiger partial charge in [0.05, 0.1) is 24.5 Å². The van der Waals surface area contributed by atoms with Gasteiger partial charge in [-0.15, -0.1) is 0 Å². The summed E-state index contributed by atoms with van der Waals surface area (Å²) in [4.78, 5) is 15.2. The molecule has 0 fully saturated rings. The molecule has 106 valence electrons. The quantitative estimate of drug-likeness (QED) is 0.791. The molecular formula is C11H15BrN2O4S. The Bertz CT molecular complexity index is 560. The van der Waals surface area contributed by atoms with E-state index in [1.807, 2.05) is 0 Å². The van der Waals surface area contributed by atoms with E-state index in [0.29, 0.717) is 5.69 Å². The number of aromatic nitrogens is 1. The SMILES string of the molecule is CCOC(=O)CCS(=O)(=O)Nc1ccc(Br)c(C)n1. The number of sulfonamides is 1. The third kappa shape index (κ3) is 5.56. The van der Waals surface area contributed by atoms with Gasteiger partial charge in [0.25, 0.3) is 0 Å². The second-order valence-corrected chi connectivity index (χ2v) is 6.44. The zero-order valence-corrected chi connectivity index (χ0v) is 13.0. The number of nitrogens with one attached hydrogen (secondary N) is 1. The predicted molar refractivity (Wildman–Crippen MR) is 75.3 cm³/mol. The molecule has 6 nitrogen and oxygen atoms in total. The summed E-state index contributed by atoms with van der Waals surface area (Å²) < 4.78 is 31.2. The molecule has 0 saturated heterocycles. The van der Waals surface area contributed by atoms with E-state index in [9.17, 15) is 13.2 Å². The number of hydrogen-bond acceptors (Lipinski definition) is 5. The molecule has 0 unspecified atom stereocenters. The number of carbonyl (C=O) groups is 1. The van der Waals surface area contributed by atoms with Crippen molar-refractivity contribution in [2.45, 2.75) is 20.3 Å². The van der Waals surface area contributed by atoms with Crippen LogP contribution in [0.1, 0.15) is 19.0 Å². The van der Waals surface area contributed by atoms with Crippen molar-refractivity contribution < 1.29 is 17.9 Å². The first-order valence-corrected chi connectivity index (χ1v) is 8.08. The van der Waals surface area contributed by atoms with Crippen LogP contribution < -0.4 is 4.72 Å². The van der Waals surface area contributed by atoms with Gasteiger partial charge in [-0.25, -0.2) is 13.4 Å². The van der Waals surface area contributed by atoms with E-state index in [0.717, 1.165) is 4.47 Å². The van der Waals surface area contributed by atoms with E-state index in [-0.39, 0.29) is 24.6 Å². The Labute approximate surface area is 120 Å². The van der Waals surface area contributed by atoms with Crippen molar-refractivity contribution in [3.8, 4) is 0 Å². The van der Waals surface area contributed by atoms with Crippen LogP contribution in [0.3, 0.4) is 0 Å². The van der Waals surface area contributed by atoms with E-state index in [2.05, 4.69) is 30.4 Å².